The van der Waals surface area contributed by atoms with Gasteiger partial charge >= 0.3 is 41.8 Å². The van der Waals surface area contributed by atoms with Crippen molar-refractivity contribution in [1.29, 1.82) is 0 Å². The molecule has 0 aromatic heterocycles. The lowest BCUT2D eigenvalue weighted by Crippen LogP contribution is -2.67. The zero-order valence-electron chi connectivity index (χ0n) is 29.9. The number of halogens is 1. The Balaban J connectivity index is 1.87. The second-order valence-corrected chi connectivity index (χ2v) is 12.3. The molecule has 4 rings (SSSR count). The molecule has 18 nitrogen and oxygen atoms in total. The van der Waals surface area contributed by atoms with Crippen LogP contribution < -0.4 is 0 Å². The smallest absolute Gasteiger partial charge is 0.338 e. The third kappa shape index (κ3) is 11.9. The molecule has 0 amide bonds. The van der Waals surface area contributed by atoms with E-state index in [1.807, 2.05) is 0 Å². The molecule has 0 spiro atoms. The summed E-state index contributed by atoms with van der Waals surface area (Å²) in [7, 11) is 0. The van der Waals surface area contributed by atoms with Crippen LogP contribution in [0.2, 0.25) is 0 Å². The average Bonchev–Trinajstić information content (AvgIpc) is 3.14. The third-order valence-corrected chi connectivity index (χ3v) is 8.10. The molecular weight excluding hydrogens is 756 g/mol. The molecule has 55 heavy (non-hydrogen) atoms. The molecule has 2 aliphatic rings. The summed E-state index contributed by atoms with van der Waals surface area (Å²) in [4.78, 5) is 88.3. The fraction of sp³-hybridized carbons (Fsp3) is 0.472. The van der Waals surface area contributed by atoms with Gasteiger partial charge in [0.2, 0.25) is 0 Å². The first-order valence-corrected chi connectivity index (χ1v) is 17.2. The summed E-state index contributed by atoms with van der Waals surface area (Å²) < 4.78 is 56.4. The molecule has 2 fully saturated rings. The lowest BCUT2D eigenvalue weighted by Gasteiger charge is -2.48. The topological polar surface area (TPSA) is 232 Å². The lowest BCUT2D eigenvalue weighted by atomic mass is 9.96. The minimum Gasteiger partial charge on any atom is -0.463 e. The molecule has 2 aromatic rings. The molecule has 0 aliphatic carbocycles. The molecule has 10 atom stereocenters. The number of alkyl halides is 1. The molecular formula is C36H39ClO18. The number of ether oxygens (including phenoxy) is 10. The maximum atomic E-state index is 13.6. The Hall–Kier alpha value is -5.14. The van der Waals surface area contributed by atoms with Crippen LogP contribution in [0.25, 0.3) is 0 Å². The Kier molecular flexibility index (Phi) is 15.5. The van der Waals surface area contributed by atoms with Gasteiger partial charge < -0.3 is 52.5 Å². The van der Waals surface area contributed by atoms with Gasteiger partial charge in [0.25, 0.3) is 0 Å². The van der Waals surface area contributed by atoms with E-state index in [9.17, 15) is 38.7 Å². The van der Waals surface area contributed by atoms with Crippen molar-refractivity contribution in [3.63, 3.8) is 0 Å². The normalized spacial score (nSPS) is 27.4. The summed E-state index contributed by atoms with van der Waals surface area (Å²) in [6.07, 6.45) is -17.6. The maximum absolute atomic E-state index is 13.6. The predicted octanol–water partition coefficient (Wildman–Crippen LogP) is 1.41. The molecule has 2 aromatic carbocycles. The number of aliphatic hydroxyl groups is 1. The van der Waals surface area contributed by atoms with Crippen molar-refractivity contribution >= 4 is 53.4 Å². The summed E-state index contributed by atoms with van der Waals surface area (Å²) in [6.45, 7) is 2.96. The molecule has 2 heterocycles. The quantitative estimate of drug-likeness (QED) is 0.162. The Bertz CT molecular complexity index is 1670. The van der Waals surface area contributed by atoms with Crippen LogP contribution in [0.15, 0.2) is 60.7 Å². The van der Waals surface area contributed by atoms with Crippen molar-refractivity contribution in [2.75, 3.05) is 19.1 Å². The van der Waals surface area contributed by atoms with E-state index in [-0.39, 0.29) is 11.1 Å². The van der Waals surface area contributed by atoms with E-state index in [2.05, 4.69) is 0 Å². The van der Waals surface area contributed by atoms with Gasteiger partial charge in [-0.15, -0.1) is 11.6 Å². The van der Waals surface area contributed by atoms with E-state index >= 15 is 0 Å². The maximum Gasteiger partial charge on any atom is 0.338 e. The first-order valence-electron chi connectivity index (χ1n) is 16.7. The number of carbonyl (C=O) groups excluding carboxylic acids is 7. The molecule has 298 valence electrons. The van der Waals surface area contributed by atoms with Crippen molar-refractivity contribution in [1.82, 2.24) is 0 Å². The van der Waals surface area contributed by atoms with Crippen LogP contribution in [0, 0.1) is 0 Å². The van der Waals surface area contributed by atoms with Crippen LogP contribution in [-0.4, -0.2) is 127 Å². The van der Waals surface area contributed by atoms with E-state index in [1.165, 1.54) is 36.4 Å². The van der Waals surface area contributed by atoms with Crippen LogP contribution in [0.5, 0.6) is 0 Å². The minimum absolute atomic E-state index is 0.00475. The van der Waals surface area contributed by atoms with Crippen LogP contribution in [0.4, 0.5) is 0 Å². The summed E-state index contributed by atoms with van der Waals surface area (Å²) in [5.41, 5.74) is 0.0342. The molecule has 2 saturated heterocycles. The standard InChI is InChI=1S/C36H39ClO18/c1-18(38)46-16-24-27(48-20(3)40)29(31(35(45)50-24)53-33(43)22-11-7-5-8-12-22)55-36-32(54-34(44)23-13-9-6-10-14-23)30(52-26(42)15-37)28(49-21(4)41)25(51-36)17-47-19(2)39/h5-14,24-25,27-32,35-36,45H,15-17H2,1-4H3/t24-,25-,27-,28-,29+,30+,31-,32-,35+,36+/m1/s1. The summed E-state index contributed by atoms with van der Waals surface area (Å²) in [5, 5.41) is 11.3. The molecule has 2 aliphatic heterocycles. The van der Waals surface area contributed by atoms with E-state index < -0.39 is 122 Å². The van der Waals surface area contributed by atoms with Gasteiger partial charge in [0.15, 0.2) is 43.1 Å². The molecule has 0 radical (unpaired) electrons. The van der Waals surface area contributed by atoms with Crippen LogP contribution in [-0.2, 0) is 71.3 Å². The van der Waals surface area contributed by atoms with Crippen LogP contribution in [0.1, 0.15) is 48.4 Å². The first kappa shape index (κ1) is 42.6. The number of rotatable bonds is 14. The van der Waals surface area contributed by atoms with Gasteiger partial charge in [0.1, 0.15) is 37.4 Å². The number of esters is 7. The van der Waals surface area contributed by atoms with E-state index in [1.54, 1.807) is 24.3 Å². The Labute approximate surface area is 319 Å². The highest BCUT2D eigenvalue weighted by Gasteiger charge is 2.57. The number of carbonyl (C=O) groups is 7. The van der Waals surface area contributed by atoms with Crippen molar-refractivity contribution in [3.8, 4) is 0 Å². The zero-order valence-corrected chi connectivity index (χ0v) is 30.7. The average molecular weight is 795 g/mol. The summed E-state index contributed by atoms with van der Waals surface area (Å²) >= 11 is 5.78. The fourth-order valence-corrected chi connectivity index (χ4v) is 5.69. The van der Waals surface area contributed by atoms with Gasteiger partial charge in [0.05, 0.1) is 11.1 Å². The largest absolute Gasteiger partial charge is 0.463 e. The SMILES string of the molecule is CC(=O)OC[C@H]1O[C@H](O)[C@H](OC(=O)c2ccccc2)[C@@H](O[C@@H]2O[C@H](COC(C)=O)[C@@H](OC(C)=O)[C@H](OC(=O)CCl)[C@H]2OC(=O)c2ccccc2)[C@@H]1OC(C)=O. The van der Waals surface area contributed by atoms with Crippen LogP contribution >= 0.6 is 11.6 Å². The van der Waals surface area contributed by atoms with Crippen molar-refractivity contribution < 1.29 is 86.0 Å². The number of hydrogen-bond acceptors (Lipinski definition) is 18. The Morgan fingerprint density at radius 3 is 1.47 bits per heavy atom. The fourth-order valence-electron chi connectivity index (χ4n) is 5.63. The summed E-state index contributed by atoms with van der Waals surface area (Å²) in [5.74, 6) is -7.21. The minimum atomic E-state index is -2.05. The highest BCUT2D eigenvalue weighted by Crippen LogP contribution is 2.35. The van der Waals surface area contributed by atoms with Gasteiger partial charge in [-0.05, 0) is 24.3 Å². The van der Waals surface area contributed by atoms with Crippen molar-refractivity contribution in [3.05, 3.63) is 71.8 Å². The van der Waals surface area contributed by atoms with Gasteiger partial charge in [0, 0.05) is 27.7 Å². The molecule has 0 unspecified atom stereocenters. The van der Waals surface area contributed by atoms with Crippen LogP contribution in [0.3, 0.4) is 0 Å². The molecule has 0 saturated carbocycles. The number of hydrogen-bond donors (Lipinski definition) is 1. The van der Waals surface area contributed by atoms with Gasteiger partial charge in [-0.2, -0.15) is 0 Å². The third-order valence-electron chi connectivity index (χ3n) is 7.88. The second-order valence-electron chi connectivity index (χ2n) is 12.0. The molecule has 19 heteroatoms. The second kappa shape index (κ2) is 20.0. The van der Waals surface area contributed by atoms with E-state index in [4.69, 9.17) is 59.0 Å². The van der Waals surface area contributed by atoms with Crippen molar-refractivity contribution in [2.45, 2.75) is 89.1 Å². The lowest BCUT2D eigenvalue weighted by molar-refractivity contribution is -0.355. The molecule has 0 bridgehead atoms. The van der Waals surface area contributed by atoms with Gasteiger partial charge in [-0.25, -0.2) is 9.59 Å². The predicted molar refractivity (Wildman–Crippen MR) is 181 cm³/mol. The van der Waals surface area contributed by atoms with E-state index in [0.29, 0.717) is 0 Å². The Morgan fingerprint density at radius 2 is 1.02 bits per heavy atom. The summed E-state index contributed by atoms with van der Waals surface area (Å²) in [6, 6.07) is 15.0. The monoisotopic (exact) mass is 794 g/mol. The number of aliphatic hydroxyl groups excluding tert-OH is 1. The van der Waals surface area contributed by atoms with Gasteiger partial charge in [-0.1, -0.05) is 36.4 Å². The highest BCUT2D eigenvalue weighted by molar-refractivity contribution is 6.26. The van der Waals surface area contributed by atoms with Gasteiger partial charge in [-0.3, -0.25) is 24.0 Å². The number of benzene rings is 2. The highest BCUT2D eigenvalue weighted by atomic mass is 35.5. The zero-order chi connectivity index (χ0) is 40.2. The van der Waals surface area contributed by atoms with E-state index in [0.717, 1.165) is 27.7 Å². The Morgan fingerprint density at radius 1 is 0.564 bits per heavy atom. The first-order chi connectivity index (χ1) is 26.2. The molecule has 1 N–H and O–H groups in total. The van der Waals surface area contributed by atoms with Crippen molar-refractivity contribution in [2.24, 2.45) is 0 Å².